The lowest BCUT2D eigenvalue weighted by Gasteiger charge is -2.32. The summed E-state index contributed by atoms with van der Waals surface area (Å²) in [5.41, 5.74) is -0.175. The molecule has 0 spiro atoms. The fourth-order valence-electron chi connectivity index (χ4n) is 2.49. The molecule has 1 fully saturated rings. The van der Waals surface area contributed by atoms with E-state index in [0.717, 1.165) is 43.6 Å². The number of carbonyl (C=O) groups is 2. The Hall–Kier alpha value is -1.52. The second-order valence-electron chi connectivity index (χ2n) is 6.41. The van der Waals surface area contributed by atoms with Gasteiger partial charge in [-0.2, -0.15) is 0 Å². The second kappa shape index (κ2) is 8.05. The number of amides is 1. The summed E-state index contributed by atoms with van der Waals surface area (Å²) < 4.78 is 5.34. The van der Waals surface area contributed by atoms with Crippen LogP contribution in [-0.4, -0.2) is 29.8 Å². The molecular weight excluding hydrogens is 270 g/mol. The highest BCUT2D eigenvalue weighted by Gasteiger charge is 2.31. The zero-order valence-corrected chi connectivity index (χ0v) is 13.4. The predicted octanol–water partition coefficient (Wildman–Crippen LogP) is 3.84. The van der Waals surface area contributed by atoms with E-state index in [1.807, 2.05) is 13.8 Å². The van der Waals surface area contributed by atoms with Crippen LogP contribution in [0.5, 0.6) is 0 Å². The van der Waals surface area contributed by atoms with Gasteiger partial charge in [-0.25, -0.2) is 4.79 Å². The van der Waals surface area contributed by atoms with Crippen molar-refractivity contribution in [2.45, 2.75) is 65.3 Å². The van der Waals surface area contributed by atoms with E-state index in [9.17, 15) is 9.59 Å². The number of hydrogen-bond donors (Lipinski definition) is 0. The minimum atomic E-state index is -0.575. The molecule has 5 heteroatoms. The van der Waals surface area contributed by atoms with Gasteiger partial charge in [0, 0.05) is 12.3 Å². The van der Waals surface area contributed by atoms with Gasteiger partial charge in [-0.15, -0.1) is 11.6 Å². The highest BCUT2D eigenvalue weighted by molar-refractivity contribution is 5.71. The molecule has 1 saturated carbocycles. The largest absolute Gasteiger partial charge is 0.447 e. The summed E-state index contributed by atoms with van der Waals surface area (Å²) in [6.45, 7) is 9.26. The van der Waals surface area contributed by atoms with Crippen molar-refractivity contribution in [2.75, 3.05) is 6.61 Å². The normalized spacial score (nSPS) is 16.1. The van der Waals surface area contributed by atoms with Crippen LogP contribution in [0.2, 0.25) is 0 Å². The van der Waals surface area contributed by atoms with Crippen molar-refractivity contribution in [3.63, 3.8) is 0 Å². The minimum Gasteiger partial charge on any atom is -0.447 e. The minimum absolute atomic E-state index is 0.0716. The van der Waals surface area contributed by atoms with E-state index in [2.05, 4.69) is 6.58 Å². The van der Waals surface area contributed by atoms with Gasteiger partial charge in [0.25, 0.3) is 0 Å². The van der Waals surface area contributed by atoms with Crippen LogP contribution in [0, 0.1) is 5.41 Å². The Kier molecular flexibility index (Phi) is 6.72. The number of nitrogens with zero attached hydrogens (tertiary/aromatic N) is 1. The molecule has 0 N–H and O–H groups in total. The molecule has 0 aromatic rings. The monoisotopic (exact) mass is 297 g/mol. The summed E-state index contributed by atoms with van der Waals surface area (Å²) >= 11 is 0. The number of carbonyl (C=O) groups excluding carboxylic acids is 2. The quantitative estimate of drug-likeness (QED) is 0.571. The van der Waals surface area contributed by atoms with Crippen LogP contribution >= 0.6 is 0 Å². The summed E-state index contributed by atoms with van der Waals surface area (Å²) in [5.74, 6) is -0.497. The smallest absolute Gasteiger partial charge is 0.443 e. The Balaban J connectivity index is 2.62. The lowest BCUT2D eigenvalue weighted by molar-refractivity contribution is -0.191. The molecule has 120 valence electrons. The van der Waals surface area contributed by atoms with Crippen molar-refractivity contribution < 1.29 is 19.2 Å². The third-order valence-corrected chi connectivity index (χ3v) is 3.60. The Morgan fingerprint density at radius 3 is 2.43 bits per heavy atom. The van der Waals surface area contributed by atoms with Crippen LogP contribution in [0.25, 0.3) is 0 Å². The van der Waals surface area contributed by atoms with Gasteiger partial charge in [0.1, 0.15) is 0 Å². The zero-order valence-electron chi connectivity index (χ0n) is 13.4. The van der Waals surface area contributed by atoms with E-state index < -0.39 is 12.1 Å². The first-order chi connectivity index (χ1) is 9.85. The van der Waals surface area contributed by atoms with Gasteiger partial charge in [-0.05, 0) is 19.3 Å². The molecule has 21 heavy (non-hydrogen) atoms. The fourth-order valence-corrected chi connectivity index (χ4v) is 2.49. The first kappa shape index (κ1) is 17.5. The van der Waals surface area contributed by atoms with E-state index in [0.29, 0.717) is 0 Å². The van der Waals surface area contributed by atoms with Crippen LogP contribution in [0.4, 0.5) is 4.79 Å². The molecule has 5 nitrogen and oxygen atoms in total. The second-order valence-corrected chi connectivity index (χ2v) is 6.41. The summed E-state index contributed by atoms with van der Waals surface area (Å²) in [6, 6.07) is -0.0716. The van der Waals surface area contributed by atoms with Gasteiger partial charge >= 0.3 is 12.1 Å². The van der Waals surface area contributed by atoms with Crippen LogP contribution in [-0.2, 0) is 14.4 Å². The first-order valence-electron chi connectivity index (χ1n) is 7.61. The first-order valence-corrected chi connectivity index (χ1v) is 7.61. The third kappa shape index (κ3) is 6.19. The number of allylic oxidation sites excluding steroid dienone is 1. The molecule has 1 aliphatic carbocycles. The van der Waals surface area contributed by atoms with E-state index in [1.54, 1.807) is 6.08 Å². The third-order valence-electron chi connectivity index (χ3n) is 3.60. The lowest BCUT2D eigenvalue weighted by atomic mass is 9.91. The Morgan fingerprint density at radius 2 is 1.90 bits per heavy atom. The van der Waals surface area contributed by atoms with Crippen molar-refractivity contribution in [2.24, 2.45) is 5.41 Å². The molecule has 0 saturated heterocycles. The number of hydroxylamine groups is 2. The van der Waals surface area contributed by atoms with Crippen LogP contribution < -0.4 is 0 Å². The molecule has 0 aliphatic heterocycles. The fraction of sp³-hybridized carbons (Fsp3) is 0.750. The molecule has 0 atom stereocenters. The average Bonchev–Trinajstić information content (AvgIpc) is 2.43. The molecule has 0 heterocycles. The Morgan fingerprint density at radius 1 is 1.29 bits per heavy atom. The molecule has 1 rings (SSSR count). The van der Waals surface area contributed by atoms with E-state index in [1.165, 1.54) is 6.92 Å². The highest BCUT2D eigenvalue weighted by Crippen LogP contribution is 2.25. The van der Waals surface area contributed by atoms with Gasteiger partial charge in [-0.1, -0.05) is 39.2 Å². The summed E-state index contributed by atoms with van der Waals surface area (Å²) in [4.78, 5) is 28.5. The maximum Gasteiger partial charge on any atom is 0.443 e. The van der Waals surface area contributed by atoms with Crippen molar-refractivity contribution in [3.05, 3.63) is 12.7 Å². The molecule has 0 aromatic heterocycles. The predicted molar refractivity (Wildman–Crippen MR) is 80.4 cm³/mol. The van der Waals surface area contributed by atoms with Crippen molar-refractivity contribution in [1.82, 2.24) is 5.06 Å². The SMILES string of the molecule is C=CCC(C)(C)COC(=O)N(OC(C)=O)C1CCCCC1. The number of ether oxygens (including phenoxy) is 1. The van der Waals surface area contributed by atoms with E-state index in [4.69, 9.17) is 9.57 Å². The van der Waals surface area contributed by atoms with E-state index >= 15 is 0 Å². The maximum absolute atomic E-state index is 12.2. The molecule has 0 aromatic carbocycles. The zero-order chi connectivity index (χ0) is 15.9. The number of rotatable bonds is 5. The molecular formula is C16H27NO4. The maximum atomic E-state index is 12.2. The van der Waals surface area contributed by atoms with Gasteiger partial charge in [0.15, 0.2) is 0 Å². The topological polar surface area (TPSA) is 55.8 Å². The molecule has 1 amide bonds. The summed E-state index contributed by atoms with van der Waals surface area (Å²) in [5, 5.41) is 1.13. The lowest BCUT2D eigenvalue weighted by Crippen LogP contribution is -2.43. The van der Waals surface area contributed by atoms with Crippen LogP contribution in [0.3, 0.4) is 0 Å². The highest BCUT2D eigenvalue weighted by atomic mass is 16.8. The van der Waals surface area contributed by atoms with Gasteiger partial charge in [0.05, 0.1) is 12.6 Å². The van der Waals surface area contributed by atoms with Crippen molar-refractivity contribution >= 4 is 12.1 Å². The van der Waals surface area contributed by atoms with Gasteiger partial charge in [-0.3, -0.25) is 4.79 Å². The number of hydrogen-bond acceptors (Lipinski definition) is 4. The van der Waals surface area contributed by atoms with Crippen LogP contribution in [0.1, 0.15) is 59.3 Å². The van der Waals surface area contributed by atoms with E-state index in [-0.39, 0.29) is 18.1 Å². The summed E-state index contributed by atoms with van der Waals surface area (Å²) in [6.07, 6.45) is 6.91. The van der Waals surface area contributed by atoms with Crippen molar-refractivity contribution in [1.29, 1.82) is 0 Å². The molecule has 1 aliphatic rings. The van der Waals surface area contributed by atoms with Crippen molar-refractivity contribution in [3.8, 4) is 0 Å². The molecule has 0 unspecified atom stereocenters. The standard InChI is InChI=1S/C16H27NO4/c1-5-11-16(3,4)12-20-15(19)17(21-13(2)18)14-9-7-6-8-10-14/h5,14H,1,6-12H2,2-4H3. The van der Waals surface area contributed by atoms with Gasteiger partial charge < -0.3 is 9.57 Å². The summed E-state index contributed by atoms with van der Waals surface area (Å²) in [7, 11) is 0. The van der Waals surface area contributed by atoms with Crippen LogP contribution in [0.15, 0.2) is 12.7 Å². The molecule has 0 bridgehead atoms. The molecule has 0 radical (unpaired) electrons. The average molecular weight is 297 g/mol. The Bertz CT molecular complexity index is 372. The Labute approximate surface area is 127 Å². The van der Waals surface area contributed by atoms with Gasteiger partial charge in [0.2, 0.25) is 0 Å².